The second kappa shape index (κ2) is 7.07. The number of carbonyl (C=O) groups is 1. The predicted octanol–water partition coefficient (Wildman–Crippen LogP) is 1.62. The smallest absolute Gasteiger partial charge is 0.227 e. The molecule has 2 rings (SSSR count). The lowest BCUT2D eigenvalue weighted by atomic mass is 10.0. The van der Waals surface area contributed by atoms with Gasteiger partial charge in [0.25, 0.3) is 0 Å². The van der Waals surface area contributed by atoms with E-state index in [2.05, 4.69) is 10.6 Å². The fourth-order valence-electron chi connectivity index (χ4n) is 2.47. The van der Waals surface area contributed by atoms with Crippen LogP contribution < -0.4 is 10.6 Å². The lowest BCUT2D eigenvalue weighted by Crippen LogP contribution is -2.45. The molecule has 0 aromatic heterocycles. The summed E-state index contributed by atoms with van der Waals surface area (Å²) in [5.74, 6) is -0.0454. The van der Waals surface area contributed by atoms with Gasteiger partial charge in [0.2, 0.25) is 5.91 Å². The van der Waals surface area contributed by atoms with Crippen molar-refractivity contribution in [2.45, 2.75) is 25.4 Å². The van der Waals surface area contributed by atoms with E-state index in [1.807, 2.05) is 38.2 Å². The number of hydrogen-bond acceptors (Lipinski definition) is 3. The van der Waals surface area contributed by atoms with E-state index >= 15 is 0 Å². The Morgan fingerprint density at radius 2 is 2.10 bits per heavy atom. The molecule has 1 amide bonds. The standard InChI is InChI=1S/C15H21ClN2O2/c1-10(7-11-3-5-12(16)6-4-11)18-15(19)13-8-20-9-14(13)17-2/h3-6,10,13-14,17H,7-9H2,1-2H3,(H,18,19). The number of ether oxygens (including phenoxy) is 1. The Morgan fingerprint density at radius 3 is 2.75 bits per heavy atom. The third kappa shape index (κ3) is 3.95. The third-order valence-electron chi connectivity index (χ3n) is 3.63. The molecular weight excluding hydrogens is 276 g/mol. The maximum Gasteiger partial charge on any atom is 0.227 e. The molecule has 0 radical (unpaired) electrons. The van der Waals surface area contributed by atoms with Gasteiger partial charge in [-0.1, -0.05) is 23.7 Å². The summed E-state index contributed by atoms with van der Waals surface area (Å²) in [5.41, 5.74) is 1.16. The zero-order chi connectivity index (χ0) is 14.5. The third-order valence-corrected chi connectivity index (χ3v) is 3.88. The Hall–Kier alpha value is -1.10. The van der Waals surface area contributed by atoms with Crippen molar-refractivity contribution >= 4 is 17.5 Å². The van der Waals surface area contributed by atoms with Crippen molar-refractivity contribution in [1.29, 1.82) is 0 Å². The quantitative estimate of drug-likeness (QED) is 0.868. The molecule has 2 N–H and O–H groups in total. The SMILES string of the molecule is CNC1COCC1C(=O)NC(C)Cc1ccc(Cl)cc1. The largest absolute Gasteiger partial charge is 0.379 e. The van der Waals surface area contributed by atoms with Crippen LogP contribution in [0.3, 0.4) is 0 Å². The van der Waals surface area contributed by atoms with Crippen molar-refractivity contribution in [3.05, 3.63) is 34.9 Å². The molecular formula is C15H21ClN2O2. The molecule has 1 fully saturated rings. The number of hydrogen-bond donors (Lipinski definition) is 2. The first-order valence-electron chi connectivity index (χ1n) is 6.90. The summed E-state index contributed by atoms with van der Waals surface area (Å²) < 4.78 is 5.36. The van der Waals surface area contributed by atoms with Gasteiger partial charge in [0.05, 0.1) is 19.1 Å². The van der Waals surface area contributed by atoms with Gasteiger partial charge in [-0.05, 0) is 38.1 Å². The van der Waals surface area contributed by atoms with Crippen molar-refractivity contribution in [2.24, 2.45) is 5.92 Å². The molecule has 1 aliphatic rings. The van der Waals surface area contributed by atoms with Gasteiger partial charge in [-0.25, -0.2) is 0 Å². The zero-order valence-corrected chi connectivity index (χ0v) is 12.6. The van der Waals surface area contributed by atoms with Gasteiger partial charge in [0.15, 0.2) is 0 Å². The Morgan fingerprint density at radius 1 is 1.40 bits per heavy atom. The molecule has 5 heteroatoms. The highest BCUT2D eigenvalue weighted by Crippen LogP contribution is 2.15. The summed E-state index contributed by atoms with van der Waals surface area (Å²) in [6, 6.07) is 7.90. The minimum atomic E-state index is -0.104. The maximum absolute atomic E-state index is 12.2. The van der Waals surface area contributed by atoms with E-state index in [0.29, 0.717) is 13.2 Å². The summed E-state index contributed by atoms with van der Waals surface area (Å²) in [6.45, 7) is 3.10. The van der Waals surface area contributed by atoms with Crippen LogP contribution >= 0.6 is 11.6 Å². The minimum Gasteiger partial charge on any atom is -0.379 e. The summed E-state index contributed by atoms with van der Waals surface area (Å²) in [5, 5.41) is 6.91. The van der Waals surface area contributed by atoms with Crippen LogP contribution in [0.15, 0.2) is 24.3 Å². The van der Waals surface area contributed by atoms with Crippen LogP contribution in [0, 0.1) is 5.92 Å². The van der Waals surface area contributed by atoms with Gasteiger partial charge in [-0.2, -0.15) is 0 Å². The highest BCUT2D eigenvalue weighted by Gasteiger charge is 2.33. The normalized spacial score (nSPS) is 23.6. The number of benzene rings is 1. The molecule has 0 spiro atoms. The first kappa shape index (κ1) is 15.3. The van der Waals surface area contributed by atoms with Gasteiger partial charge in [0, 0.05) is 17.1 Å². The van der Waals surface area contributed by atoms with Gasteiger partial charge in [-0.3, -0.25) is 4.79 Å². The molecule has 3 unspecified atom stereocenters. The highest BCUT2D eigenvalue weighted by atomic mass is 35.5. The second-order valence-electron chi connectivity index (χ2n) is 5.28. The van der Waals surface area contributed by atoms with Crippen LogP contribution in [0.4, 0.5) is 0 Å². The Balaban J connectivity index is 1.86. The summed E-state index contributed by atoms with van der Waals surface area (Å²) in [6.07, 6.45) is 0.792. The lowest BCUT2D eigenvalue weighted by molar-refractivity contribution is -0.126. The maximum atomic E-state index is 12.2. The van der Waals surface area contributed by atoms with Crippen LogP contribution in [0.2, 0.25) is 5.02 Å². The molecule has 20 heavy (non-hydrogen) atoms. The average molecular weight is 297 g/mol. The topological polar surface area (TPSA) is 50.4 Å². The van der Waals surface area contributed by atoms with Crippen molar-refractivity contribution in [2.75, 3.05) is 20.3 Å². The molecule has 0 bridgehead atoms. The monoisotopic (exact) mass is 296 g/mol. The molecule has 1 aromatic rings. The van der Waals surface area contributed by atoms with Gasteiger partial charge in [0.1, 0.15) is 0 Å². The first-order valence-corrected chi connectivity index (χ1v) is 7.27. The second-order valence-corrected chi connectivity index (χ2v) is 5.72. The molecule has 0 saturated carbocycles. The predicted molar refractivity (Wildman–Crippen MR) is 79.9 cm³/mol. The van der Waals surface area contributed by atoms with Crippen molar-refractivity contribution in [3.63, 3.8) is 0 Å². The molecule has 0 aliphatic carbocycles. The fraction of sp³-hybridized carbons (Fsp3) is 0.533. The summed E-state index contributed by atoms with van der Waals surface area (Å²) in [7, 11) is 1.86. The van der Waals surface area contributed by atoms with Crippen molar-refractivity contribution in [1.82, 2.24) is 10.6 Å². The minimum absolute atomic E-state index is 0.0586. The van der Waals surface area contributed by atoms with Crippen molar-refractivity contribution in [3.8, 4) is 0 Å². The summed E-state index contributed by atoms with van der Waals surface area (Å²) >= 11 is 5.86. The number of rotatable bonds is 5. The number of amides is 1. The van der Waals surface area contributed by atoms with E-state index in [1.165, 1.54) is 0 Å². The Labute approximate surface area is 124 Å². The molecule has 4 nitrogen and oxygen atoms in total. The molecule has 3 atom stereocenters. The van der Waals surface area contributed by atoms with Gasteiger partial charge < -0.3 is 15.4 Å². The molecule has 1 saturated heterocycles. The average Bonchev–Trinajstić information content (AvgIpc) is 2.89. The molecule has 1 aromatic carbocycles. The van der Waals surface area contributed by atoms with E-state index in [4.69, 9.17) is 16.3 Å². The molecule has 1 heterocycles. The van der Waals surface area contributed by atoms with Gasteiger partial charge in [-0.15, -0.1) is 0 Å². The number of nitrogens with one attached hydrogen (secondary N) is 2. The van der Waals surface area contributed by atoms with E-state index < -0.39 is 0 Å². The Bertz CT molecular complexity index is 450. The van der Waals surface area contributed by atoms with E-state index in [1.54, 1.807) is 0 Å². The fourth-order valence-corrected chi connectivity index (χ4v) is 2.60. The van der Waals surface area contributed by atoms with E-state index in [0.717, 1.165) is 17.0 Å². The van der Waals surface area contributed by atoms with Crippen LogP contribution in [-0.2, 0) is 16.0 Å². The number of carbonyl (C=O) groups excluding carboxylic acids is 1. The van der Waals surface area contributed by atoms with Crippen LogP contribution in [0.1, 0.15) is 12.5 Å². The molecule has 110 valence electrons. The van der Waals surface area contributed by atoms with Gasteiger partial charge >= 0.3 is 0 Å². The van der Waals surface area contributed by atoms with Crippen LogP contribution in [-0.4, -0.2) is 38.3 Å². The lowest BCUT2D eigenvalue weighted by Gasteiger charge is -2.20. The Kier molecular flexibility index (Phi) is 5.40. The van der Waals surface area contributed by atoms with E-state index in [9.17, 15) is 4.79 Å². The number of likely N-dealkylation sites (N-methyl/N-ethyl adjacent to an activating group) is 1. The van der Waals surface area contributed by atoms with Crippen LogP contribution in [0.5, 0.6) is 0 Å². The molecule has 1 aliphatic heterocycles. The van der Waals surface area contributed by atoms with E-state index in [-0.39, 0.29) is 23.9 Å². The van der Waals surface area contributed by atoms with Crippen LogP contribution in [0.25, 0.3) is 0 Å². The summed E-state index contributed by atoms with van der Waals surface area (Å²) in [4.78, 5) is 12.2. The highest BCUT2D eigenvalue weighted by molar-refractivity contribution is 6.30. The number of halogens is 1. The first-order chi connectivity index (χ1) is 9.60. The van der Waals surface area contributed by atoms with Crippen molar-refractivity contribution < 1.29 is 9.53 Å². The zero-order valence-electron chi connectivity index (χ0n) is 11.9.